The van der Waals surface area contributed by atoms with E-state index in [1.165, 1.54) is 43.2 Å². The van der Waals surface area contributed by atoms with Gasteiger partial charge in [-0.2, -0.15) is 13.2 Å². The van der Waals surface area contributed by atoms with Crippen molar-refractivity contribution in [2.75, 3.05) is 18.0 Å². The Labute approximate surface area is 254 Å². The minimum atomic E-state index is -4.89. The van der Waals surface area contributed by atoms with Crippen molar-refractivity contribution in [3.05, 3.63) is 88.4 Å². The smallest absolute Gasteiger partial charge is 0.417 e. The normalized spacial score (nSPS) is 12.5. The summed E-state index contributed by atoms with van der Waals surface area (Å²) >= 11 is 5.81. The molecule has 0 saturated carbocycles. The van der Waals surface area contributed by atoms with Crippen LogP contribution >= 0.6 is 11.6 Å². The van der Waals surface area contributed by atoms with Crippen molar-refractivity contribution in [1.82, 2.24) is 10.2 Å². The Morgan fingerprint density at radius 2 is 1.65 bits per heavy atom. The molecule has 0 bridgehead atoms. The van der Waals surface area contributed by atoms with Crippen LogP contribution in [0.4, 0.5) is 18.9 Å². The number of carbonyl (C=O) groups is 2. The molecule has 1 unspecified atom stereocenters. The van der Waals surface area contributed by atoms with Gasteiger partial charge in [-0.1, -0.05) is 41.4 Å². The summed E-state index contributed by atoms with van der Waals surface area (Å²) in [7, 11) is -3.10. The summed E-state index contributed by atoms with van der Waals surface area (Å²) in [6, 6.07) is 13.7. The highest BCUT2D eigenvalue weighted by Crippen LogP contribution is 2.38. The van der Waals surface area contributed by atoms with Crippen LogP contribution in [0, 0.1) is 6.92 Å². The van der Waals surface area contributed by atoms with Crippen LogP contribution in [-0.4, -0.2) is 50.9 Å². The average molecular weight is 640 g/mol. The third kappa shape index (κ3) is 8.41. The molecule has 0 fully saturated rings. The zero-order valence-electron chi connectivity index (χ0n) is 24.3. The molecule has 3 aromatic rings. The second-order valence-corrected chi connectivity index (χ2v) is 12.5. The Morgan fingerprint density at radius 3 is 2.23 bits per heavy atom. The molecule has 43 heavy (non-hydrogen) atoms. The molecule has 3 rings (SSSR count). The quantitative estimate of drug-likeness (QED) is 0.286. The van der Waals surface area contributed by atoms with Gasteiger partial charge in [0.25, 0.3) is 10.0 Å². The number of hydrogen-bond acceptors (Lipinski definition) is 5. The van der Waals surface area contributed by atoms with E-state index in [0.717, 1.165) is 17.7 Å². The van der Waals surface area contributed by atoms with Gasteiger partial charge in [-0.25, -0.2) is 8.42 Å². The number of ether oxygens (including phenoxy) is 1. The van der Waals surface area contributed by atoms with Crippen LogP contribution in [0.5, 0.6) is 5.75 Å². The molecule has 13 heteroatoms. The standard InChI is InChI=1S/C30H33ClF3N3O5S/c1-19(2)35-29(39)21(4)36(17-22-7-6-8-24(15-22)42-5)28(38)18-37(43(40,41)25-12-9-20(3)10-13-25)23-11-14-27(31)26(16-23)30(32,33)34/h6-16,19,21H,17-18H2,1-5H3,(H,35,39). The molecule has 232 valence electrons. The van der Waals surface area contributed by atoms with Crippen LogP contribution in [0.25, 0.3) is 0 Å². The van der Waals surface area contributed by atoms with Crippen molar-refractivity contribution < 1.29 is 35.9 Å². The van der Waals surface area contributed by atoms with Crippen LogP contribution in [-0.2, 0) is 32.3 Å². The topological polar surface area (TPSA) is 96.0 Å². The lowest BCUT2D eigenvalue weighted by atomic mass is 10.1. The first-order valence-electron chi connectivity index (χ1n) is 13.2. The summed E-state index contributed by atoms with van der Waals surface area (Å²) in [5.41, 5.74) is -0.357. The van der Waals surface area contributed by atoms with Gasteiger partial charge in [0.1, 0.15) is 18.3 Å². The summed E-state index contributed by atoms with van der Waals surface area (Å²) in [6.07, 6.45) is -4.89. The minimum Gasteiger partial charge on any atom is -0.497 e. The Kier molecular flexibility index (Phi) is 10.7. The highest BCUT2D eigenvalue weighted by molar-refractivity contribution is 7.92. The maximum absolute atomic E-state index is 14.0. The first-order valence-corrected chi connectivity index (χ1v) is 15.0. The predicted molar refractivity (Wildman–Crippen MR) is 158 cm³/mol. The predicted octanol–water partition coefficient (Wildman–Crippen LogP) is 5.81. The van der Waals surface area contributed by atoms with Crippen molar-refractivity contribution in [2.45, 2.75) is 57.4 Å². The summed E-state index contributed by atoms with van der Waals surface area (Å²) in [6.45, 7) is 5.69. The molecular formula is C30H33ClF3N3O5S. The molecule has 0 aliphatic rings. The van der Waals surface area contributed by atoms with Crippen LogP contribution in [0.1, 0.15) is 37.5 Å². The Morgan fingerprint density at radius 1 is 1.00 bits per heavy atom. The third-order valence-electron chi connectivity index (χ3n) is 6.52. The second kappa shape index (κ2) is 13.7. The first kappa shape index (κ1) is 33.7. The number of carbonyl (C=O) groups excluding carboxylic acids is 2. The fourth-order valence-corrected chi connectivity index (χ4v) is 5.84. The number of nitrogens with one attached hydrogen (secondary N) is 1. The molecule has 2 amide bonds. The molecule has 1 N–H and O–H groups in total. The van der Waals surface area contributed by atoms with Gasteiger partial charge in [0.15, 0.2) is 0 Å². The van der Waals surface area contributed by atoms with Crippen molar-refractivity contribution in [2.24, 2.45) is 0 Å². The molecule has 0 aliphatic carbocycles. The van der Waals surface area contributed by atoms with Crippen LogP contribution in [0.3, 0.4) is 0 Å². The number of amides is 2. The van der Waals surface area contributed by atoms with Crippen molar-refractivity contribution in [1.29, 1.82) is 0 Å². The van der Waals surface area contributed by atoms with Gasteiger partial charge in [0, 0.05) is 12.6 Å². The van der Waals surface area contributed by atoms with E-state index in [9.17, 15) is 31.2 Å². The fraction of sp³-hybridized carbons (Fsp3) is 0.333. The average Bonchev–Trinajstić information content (AvgIpc) is 2.93. The van der Waals surface area contributed by atoms with Crippen LogP contribution in [0.15, 0.2) is 71.6 Å². The molecule has 8 nitrogen and oxygen atoms in total. The number of aryl methyl sites for hydroxylation is 1. The van der Waals surface area contributed by atoms with Gasteiger partial charge in [0.2, 0.25) is 11.8 Å². The first-order chi connectivity index (χ1) is 20.0. The molecule has 1 atom stereocenters. The maximum Gasteiger partial charge on any atom is 0.417 e. The zero-order chi connectivity index (χ0) is 32.1. The van der Waals surface area contributed by atoms with E-state index in [2.05, 4.69) is 5.32 Å². The molecule has 3 aromatic carbocycles. The summed E-state index contributed by atoms with van der Waals surface area (Å²) in [5, 5.41) is 2.10. The minimum absolute atomic E-state index is 0.116. The number of alkyl halides is 3. The number of nitrogens with zero attached hydrogens (tertiary/aromatic N) is 2. The molecule has 0 radical (unpaired) electrons. The maximum atomic E-state index is 14.0. The zero-order valence-corrected chi connectivity index (χ0v) is 25.8. The van der Waals surface area contributed by atoms with Crippen LogP contribution < -0.4 is 14.4 Å². The summed E-state index contributed by atoms with van der Waals surface area (Å²) < 4.78 is 74.9. The molecule has 0 spiro atoms. The van der Waals surface area contributed by atoms with E-state index < -0.39 is 56.9 Å². The number of hydrogen-bond donors (Lipinski definition) is 1. The lowest BCUT2D eigenvalue weighted by Gasteiger charge is -2.32. The van der Waals surface area contributed by atoms with Gasteiger partial charge in [0.05, 0.1) is 28.3 Å². The Bertz CT molecular complexity index is 1560. The van der Waals surface area contributed by atoms with Crippen molar-refractivity contribution in [3.8, 4) is 5.75 Å². The fourth-order valence-electron chi connectivity index (χ4n) is 4.21. The Balaban J connectivity index is 2.13. The van der Waals surface area contributed by atoms with Crippen LogP contribution in [0.2, 0.25) is 5.02 Å². The van der Waals surface area contributed by atoms with Gasteiger partial charge >= 0.3 is 6.18 Å². The number of benzene rings is 3. The lowest BCUT2D eigenvalue weighted by Crippen LogP contribution is -2.52. The number of anilines is 1. The Hall–Kier alpha value is -3.77. The highest BCUT2D eigenvalue weighted by Gasteiger charge is 2.37. The molecule has 0 aromatic heterocycles. The van der Waals surface area contributed by atoms with E-state index in [1.807, 2.05) is 0 Å². The highest BCUT2D eigenvalue weighted by atomic mass is 35.5. The van der Waals surface area contributed by atoms with Gasteiger partial charge in [-0.15, -0.1) is 0 Å². The van der Waals surface area contributed by atoms with Gasteiger partial charge in [-0.05, 0) is 75.7 Å². The van der Waals surface area contributed by atoms with Crippen molar-refractivity contribution in [3.63, 3.8) is 0 Å². The van der Waals surface area contributed by atoms with E-state index in [0.29, 0.717) is 21.7 Å². The van der Waals surface area contributed by atoms with E-state index in [1.54, 1.807) is 45.0 Å². The van der Waals surface area contributed by atoms with E-state index in [-0.39, 0.29) is 17.5 Å². The van der Waals surface area contributed by atoms with E-state index >= 15 is 0 Å². The molecule has 0 heterocycles. The van der Waals surface area contributed by atoms with Gasteiger partial charge < -0.3 is 15.0 Å². The number of halogens is 4. The van der Waals surface area contributed by atoms with Gasteiger partial charge in [-0.3, -0.25) is 13.9 Å². The largest absolute Gasteiger partial charge is 0.497 e. The van der Waals surface area contributed by atoms with Crippen molar-refractivity contribution >= 4 is 39.1 Å². The summed E-state index contributed by atoms with van der Waals surface area (Å²) in [5.74, 6) is -0.827. The third-order valence-corrected chi connectivity index (χ3v) is 8.63. The number of methoxy groups -OCH3 is 1. The summed E-state index contributed by atoms with van der Waals surface area (Å²) in [4.78, 5) is 27.9. The number of rotatable bonds is 11. The monoisotopic (exact) mass is 639 g/mol. The molecule has 0 saturated heterocycles. The molecular weight excluding hydrogens is 607 g/mol. The second-order valence-electron chi connectivity index (χ2n) is 10.2. The number of sulfonamides is 1. The lowest BCUT2D eigenvalue weighted by molar-refractivity contribution is -0.139. The van der Waals surface area contributed by atoms with E-state index in [4.69, 9.17) is 16.3 Å². The molecule has 0 aliphatic heterocycles. The SMILES string of the molecule is COc1cccc(CN(C(=O)CN(c2ccc(Cl)c(C(F)(F)F)c2)S(=O)(=O)c2ccc(C)cc2)C(C)C(=O)NC(C)C)c1.